The van der Waals surface area contributed by atoms with Gasteiger partial charge in [0.2, 0.25) is 9.84 Å². The third-order valence-electron chi connectivity index (χ3n) is 4.65. The number of rotatable bonds is 8. The molecule has 0 aliphatic carbocycles. The number of sulfonamides is 2. The maximum atomic E-state index is 12.8. The summed E-state index contributed by atoms with van der Waals surface area (Å²) >= 11 is 0. The second-order valence-electron chi connectivity index (χ2n) is 7.24. The van der Waals surface area contributed by atoms with Gasteiger partial charge in [-0.05, 0) is 55.5 Å². The van der Waals surface area contributed by atoms with E-state index in [-0.39, 0.29) is 40.2 Å². The van der Waals surface area contributed by atoms with E-state index >= 15 is 0 Å². The molecular formula is C21H18F3LiNO8S3+. The topological polar surface area (TPSA) is 133 Å². The van der Waals surface area contributed by atoms with E-state index in [1.807, 2.05) is 6.92 Å². The number of benzene rings is 3. The summed E-state index contributed by atoms with van der Waals surface area (Å²) in [5, 5.41) is 0. The first-order chi connectivity index (χ1) is 16.6. The second-order valence-corrected chi connectivity index (χ2v) is 12.8. The molecule has 0 spiro atoms. The Morgan fingerprint density at radius 1 is 0.757 bits per heavy atom. The number of alkyl halides is 3. The van der Waals surface area contributed by atoms with Crippen LogP contribution in [0.3, 0.4) is 0 Å². The number of aryl methyl sites for hydroxylation is 1. The van der Waals surface area contributed by atoms with Crippen molar-refractivity contribution in [2.75, 3.05) is 7.11 Å². The molecule has 1 N–H and O–H groups in total. The van der Waals surface area contributed by atoms with Gasteiger partial charge in [-0.15, -0.1) is 0 Å². The summed E-state index contributed by atoms with van der Waals surface area (Å²) in [6.45, 7) is 1.81. The van der Waals surface area contributed by atoms with Crippen LogP contribution < -0.4 is 32.5 Å². The van der Waals surface area contributed by atoms with Crippen molar-refractivity contribution < 1.29 is 66.8 Å². The standard InChI is InChI=1S/C21H18F3NO8S3.Li/c1-14-3-8-17(9-4-14)34(26,27)18-10-5-15(6-11-18)33-16-7-12-19(32-2)20(13-16)35(28,29)25-36(30,31)21(22,23)24;/h3-13,25H,1-2H3;/q;+1. The monoisotopic (exact) mass is 572 g/mol. The van der Waals surface area contributed by atoms with Crippen molar-refractivity contribution in [3.05, 3.63) is 72.3 Å². The van der Waals surface area contributed by atoms with Crippen molar-refractivity contribution in [3.63, 3.8) is 0 Å². The summed E-state index contributed by atoms with van der Waals surface area (Å²) in [7, 11) is -14.3. The van der Waals surface area contributed by atoms with E-state index in [1.165, 1.54) is 42.5 Å². The molecule has 0 amide bonds. The molecule has 3 aromatic carbocycles. The molecule has 0 unspecified atom stereocenters. The molecule has 3 rings (SSSR count). The molecule has 0 aromatic heterocycles. The van der Waals surface area contributed by atoms with E-state index in [9.17, 15) is 38.4 Å². The van der Waals surface area contributed by atoms with E-state index in [0.717, 1.165) is 24.8 Å². The van der Waals surface area contributed by atoms with Crippen LogP contribution in [0.1, 0.15) is 5.56 Å². The zero-order valence-corrected chi connectivity index (χ0v) is 21.9. The molecule has 0 saturated carbocycles. The molecule has 0 radical (unpaired) electrons. The number of methoxy groups -OCH3 is 1. The Hall–Kier alpha value is -2.54. The number of halogens is 3. The third-order valence-corrected chi connectivity index (χ3v) is 9.70. The minimum absolute atomic E-state index is 0. The van der Waals surface area contributed by atoms with Gasteiger partial charge in [-0.1, -0.05) is 21.8 Å². The van der Waals surface area contributed by atoms with Crippen molar-refractivity contribution in [2.45, 2.75) is 27.1 Å². The van der Waals surface area contributed by atoms with Crippen LogP contribution in [0.15, 0.2) is 81.4 Å². The molecule has 37 heavy (non-hydrogen) atoms. The Balaban J connectivity index is 0.00000481. The maximum absolute atomic E-state index is 12.8. The van der Waals surface area contributed by atoms with Gasteiger partial charge in [-0.2, -0.15) is 13.2 Å². The van der Waals surface area contributed by atoms with Crippen LogP contribution in [0.2, 0.25) is 0 Å². The summed E-state index contributed by atoms with van der Waals surface area (Å²) in [4.78, 5) is -0.903. The number of ether oxygens (including phenoxy) is 2. The molecule has 0 aliphatic heterocycles. The van der Waals surface area contributed by atoms with Crippen LogP contribution in [0.25, 0.3) is 0 Å². The van der Waals surface area contributed by atoms with Crippen LogP contribution in [0, 0.1) is 6.92 Å². The first kappa shape index (κ1) is 30.7. The molecule has 0 atom stereocenters. The average Bonchev–Trinajstić information content (AvgIpc) is 2.78. The van der Waals surface area contributed by atoms with E-state index in [1.54, 1.807) is 12.1 Å². The average molecular weight is 573 g/mol. The predicted molar refractivity (Wildman–Crippen MR) is 121 cm³/mol. The van der Waals surface area contributed by atoms with Crippen molar-refractivity contribution in [2.24, 2.45) is 0 Å². The SMILES string of the molecule is COc1ccc(Oc2ccc(S(=O)(=O)c3ccc(C)cc3)cc2)cc1S(=O)(=O)NS(=O)(=O)C(F)(F)F.[Li+]. The summed E-state index contributed by atoms with van der Waals surface area (Å²) in [5.74, 6) is -0.608. The van der Waals surface area contributed by atoms with Crippen LogP contribution in [-0.2, 0) is 29.9 Å². The molecule has 0 fully saturated rings. The van der Waals surface area contributed by atoms with Gasteiger partial charge in [0.1, 0.15) is 22.1 Å². The molecule has 0 bridgehead atoms. The Morgan fingerprint density at radius 3 is 1.73 bits per heavy atom. The van der Waals surface area contributed by atoms with Crippen LogP contribution in [0.4, 0.5) is 13.2 Å². The first-order valence-corrected chi connectivity index (χ1v) is 14.1. The van der Waals surface area contributed by atoms with E-state index < -0.39 is 46.0 Å². The van der Waals surface area contributed by atoms with Crippen molar-refractivity contribution in [1.29, 1.82) is 0 Å². The first-order valence-electron chi connectivity index (χ1n) is 9.69. The van der Waals surface area contributed by atoms with Gasteiger partial charge in [-0.25, -0.2) is 25.3 Å². The van der Waals surface area contributed by atoms with Crippen LogP contribution in [0.5, 0.6) is 17.2 Å². The molecule has 0 saturated heterocycles. The fraction of sp³-hybridized carbons (Fsp3) is 0.143. The summed E-state index contributed by atoms with van der Waals surface area (Å²) in [5.41, 5.74) is -4.99. The molecule has 16 heteroatoms. The van der Waals surface area contributed by atoms with Gasteiger partial charge in [0.05, 0.1) is 16.9 Å². The van der Waals surface area contributed by atoms with E-state index in [2.05, 4.69) is 0 Å². The Bertz CT molecular complexity index is 1590. The van der Waals surface area contributed by atoms with Crippen molar-refractivity contribution in [3.8, 4) is 17.2 Å². The van der Waals surface area contributed by atoms with Gasteiger partial charge in [0.25, 0.3) is 10.0 Å². The van der Waals surface area contributed by atoms with Gasteiger partial charge in [0.15, 0.2) is 0 Å². The fourth-order valence-electron chi connectivity index (χ4n) is 2.84. The zero-order chi connectivity index (χ0) is 26.9. The number of nitrogens with one attached hydrogen (secondary N) is 1. The zero-order valence-electron chi connectivity index (χ0n) is 19.5. The quantitative estimate of drug-likeness (QED) is 0.392. The number of sulfone groups is 1. The smallest absolute Gasteiger partial charge is 0.495 e. The second kappa shape index (κ2) is 11.1. The summed E-state index contributed by atoms with van der Waals surface area (Å²) in [6.07, 6.45) is 0. The summed E-state index contributed by atoms with van der Waals surface area (Å²) < 4.78 is 122. The molecule has 3 aromatic rings. The van der Waals surface area contributed by atoms with Crippen molar-refractivity contribution in [1.82, 2.24) is 4.13 Å². The van der Waals surface area contributed by atoms with E-state index in [0.29, 0.717) is 4.13 Å². The molecule has 0 aliphatic rings. The van der Waals surface area contributed by atoms with Gasteiger partial charge >= 0.3 is 34.4 Å². The Kier molecular flexibility index (Phi) is 9.17. The molecular weight excluding hydrogens is 554 g/mol. The minimum Gasteiger partial charge on any atom is -0.495 e. The molecule has 9 nitrogen and oxygen atoms in total. The molecule has 194 valence electrons. The Labute approximate surface area is 223 Å². The maximum Gasteiger partial charge on any atom is 1.00 e. The van der Waals surface area contributed by atoms with E-state index in [4.69, 9.17) is 9.47 Å². The minimum atomic E-state index is -6.24. The van der Waals surface area contributed by atoms with Gasteiger partial charge in [-0.3, -0.25) is 0 Å². The number of hydrogen-bond donors (Lipinski definition) is 1. The Morgan fingerprint density at radius 2 is 1.24 bits per heavy atom. The van der Waals surface area contributed by atoms with Gasteiger partial charge < -0.3 is 9.47 Å². The summed E-state index contributed by atoms with van der Waals surface area (Å²) in [6, 6.07) is 14.3. The van der Waals surface area contributed by atoms with Crippen molar-refractivity contribution >= 4 is 29.9 Å². The van der Waals surface area contributed by atoms with Crippen LogP contribution in [-0.4, -0.2) is 37.9 Å². The fourth-order valence-corrected chi connectivity index (χ4v) is 6.68. The normalized spacial score (nSPS) is 12.5. The van der Waals surface area contributed by atoms with Gasteiger partial charge in [0, 0.05) is 6.07 Å². The van der Waals surface area contributed by atoms with Crippen LogP contribution >= 0.6 is 0 Å². The third kappa shape index (κ3) is 6.86. The molecule has 0 heterocycles. The largest absolute Gasteiger partial charge is 1.00 e. The number of hydrogen-bond acceptors (Lipinski definition) is 8. The predicted octanol–water partition coefficient (Wildman–Crippen LogP) is 0.761.